The van der Waals surface area contributed by atoms with Crippen LogP contribution in [-0.2, 0) is 34.0 Å². The molecule has 0 atom stereocenters. The van der Waals surface area contributed by atoms with Crippen molar-refractivity contribution in [1.29, 1.82) is 0 Å². The van der Waals surface area contributed by atoms with E-state index in [9.17, 15) is 31.2 Å². The van der Waals surface area contributed by atoms with Crippen molar-refractivity contribution in [1.82, 2.24) is 8.87 Å². The Labute approximate surface area is 250 Å². The summed E-state index contributed by atoms with van der Waals surface area (Å²) in [7, 11) is -1.69. The molecule has 6 rings (SSSR count). The van der Waals surface area contributed by atoms with Crippen LogP contribution >= 0.6 is 0 Å². The molecule has 0 aliphatic carbocycles. The van der Waals surface area contributed by atoms with E-state index in [2.05, 4.69) is 0 Å². The molecule has 0 N–H and O–H groups in total. The fourth-order valence-corrected chi connectivity index (χ4v) is 7.21. The third-order valence-electron chi connectivity index (χ3n) is 7.74. The zero-order valence-electron chi connectivity index (χ0n) is 23.7. The molecule has 12 heteroatoms. The summed E-state index contributed by atoms with van der Waals surface area (Å²) in [6.45, 7) is 1.88. The van der Waals surface area contributed by atoms with Gasteiger partial charge in [0.2, 0.25) is 0 Å². The molecule has 0 bridgehead atoms. The van der Waals surface area contributed by atoms with Crippen LogP contribution in [0, 0.1) is 6.92 Å². The van der Waals surface area contributed by atoms with E-state index in [0.29, 0.717) is 22.3 Å². The van der Waals surface area contributed by atoms with E-state index in [1.807, 2.05) is 6.92 Å². The van der Waals surface area contributed by atoms with E-state index < -0.39 is 33.6 Å². The van der Waals surface area contributed by atoms with Crippen LogP contribution in [0.4, 0.5) is 13.2 Å². The number of amides is 1. The molecule has 0 saturated heterocycles. The Morgan fingerprint density at radius 3 is 2.25 bits per heavy atom. The number of carbonyl (C=O) groups is 2. The lowest BCUT2D eigenvalue weighted by molar-refractivity contribution is -0.137. The van der Waals surface area contributed by atoms with Gasteiger partial charge in [-0.1, -0.05) is 23.8 Å². The maximum Gasteiger partial charge on any atom is 0.416 e. The zero-order valence-corrected chi connectivity index (χ0v) is 24.5. The fourth-order valence-electron chi connectivity index (χ4n) is 5.67. The van der Waals surface area contributed by atoms with E-state index in [0.717, 1.165) is 21.7 Å². The van der Waals surface area contributed by atoms with Crippen LogP contribution < -0.4 is 4.74 Å². The molecule has 0 unspecified atom stereocenters. The monoisotopic (exact) mass is 622 g/mol. The molecule has 0 fully saturated rings. The standard InChI is InChI=1S/C32H25F3N2O6S/c1-18-4-13-26-24(14-18)28-27-20(17-36(30(27)38)16-19-5-7-21(8-6-19)32(33,34)35)15-25(31(39)43-3)29(28)37(26)44(40,41)23-11-9-22(42-2)10-12-23/h4-15H,16-17H2,1-3H3. The van der Waals surface area contributed by atoms with E-state index in [-0.39, 0.29) is 45.5 Å². The summed E-state index contributed by atoms with van der Waals surface area (Å²) >= 11 is 0. The molecule has 8 nitrogen and oxygen atoms in total. The number of ether oxygens (including phenoxy) is 2. The summed E-state index contributed by atoms with van der Waals surface area (Å²) in [6, 6.07) is 16.9. The summed E-state index contributed by atoms with van der Waals surface area (Å²) in [4.78, 5) is 28.6. The summed E-state index contributed by atoms with van der Waals surface area (Å²) < 4.78 is 79.0. The van der Waals surface area contributed by atoms with E-state index >= 15 is 0 Å². The minimum Gasteiger partial charge on any atom is -0.497 e. The molecule has 226 valence electrons. The third kappa shape index (κ3) is 4.66. The van der Waals surface area contributed by atoms with Gasteiger partial charge in [-0.3, -0.25) is 4.79 Å². The summed E-state index contributed by atoms with van der Waals surface area (Å²) in [5.41, 5.74) is 1.37. The number of aromatic nitrogens is 1. The van der Waals surface area contributed by atoms with Gasteiger partial charge in [0.05, 0.1) is 46.8 Å². The highest BCUT2D eigenvalue weighted by Gasteiger charge is 2.37. The maximum absolute atomic E-state index is 14.3. The highest BCUT2D eigenvalue weighted by molar-refractivity contribution is 7.90. The number of aryl methyl sites for hydroxylation is 1. The Morgan fingerprint density at radius 1 is 0.955 bits per heavy atom. The highest BCUT2D eigenvalue weighted by atomic mass is 32.2. The van der Waals surface area contributed by atoms with Crippen LogP contribution in [0.15, 0.2) is 77.7 Å². The average Bonchev–Trinajstić information content (AvgIpc) is 3.50. The lowest BCUT2D eigenvalue weighted by Gasteiger charge is -2.16. The van der Waals surface area contributed by atoms with Gasteiger partial charge in [-0.05, 0) is 72.6 Å². The quantitative estimate of drug-likeness (QED) is 0.206. The third-order valence-corrected chi connectivity index (χ3v) is 9.47. The molecule has 0 radical (unpaired) electrons. The molecule has 44 heavy (non-hydrogen) atoms. The average molecular weight is 623 g/mol. The molecule has 1 aliphatic rings. The molecule has 0 saturated carbocycles. The number of carbonyl (C=O) groups excluding carboxylic acids is 2. The summed E-state index contributed by atoms with van der Waals surface area (Å²) in [5, 5.41) is 0.724. The lowest BCUT2D eigenvalue weighted by Crippen LogP contribution is -2.23. The van der Waals surface area contributed by atoms with Crippen molar-refractivity contribution in [2.24, 2.45) is 0 Å². The first-order chi connectivity index (χ1) is 20.8. The highest BCUT2D eigenvalue weighted by Crippen LogP contribution is 2.42. The predicted molar refractivity (Wildman–Crippen MR) is 156 cm³/mol. The number of alkyl halides is 3. The normalized spacial score (nSPS) is 13.5. The van der Waals surface area contributed by atoms with Gasteiger partial charge >= 0.3 is 12.1 Å². The van der Waals surface area contributed by atoms with Crippen LogP contribution in [0.1, 0.15) is 43.0 Å². The predicted octanol–water partition coefficient (Wildman–Crippen LogP) is 6.31. The molecule has 2 heterocycles. The van der Waals surface area contributed by atoms with Gasteiger partial charge in [-0.2, -0.15) is 13.2 Å². The Bertz CT molecular complexity index is 2080. The molecule has 5 aromatic rings. The van der Waals surface area contributed by atoms with Crippen molar-refractivity contribution < 1.29 is 40.7 Å². The number of hydrogen-bond donors (Lipinski definition) is 0. The first-order valence-electron chi connectivity index (χ1n) is 13.4. The number of fused-ring (bicyclic) bond motifs is 5. The van der Waals surface area contributed by atoms with Gasteiger partial charge in [0.15, 0.2) is 0 Å². The second kappa shape index (κ2) is 10.4. The van der Waals surface area contributed by atoms with Crippen molar-refractivity contribution in [2.75, 3.05) is 14.2 Å². The number of halogens is 3. The first kappa shape index (κ1) is 29.2. The van der Waals surface area contributed by atoms with Gasteiger partial charge in [0, 0.05) is 23.9 Å². The van der Waals surface area contributed by atoms with Crippen molar-refractivity contribution in [2.45, 2.75) is 31.1 Å². The zero-order chi connectivity index (χ0) is 31.6. The lowest BCUT2D eigenvalue weighted by atomic mass is 9.98. The molecular weight excluding hydrogens is 597 g/mol. The SMILES string of the molecule is COC(=O)c1cc2c(c3c4cc(C)ccc4n(S(=O)(=O)c4ccc(OC)cc4)c13)C(=O)N(Cc1ccc(C(F)(F)F)cc1)C2. The number of rotatable bonds is 6. The molecule has 1 aliphatic heterocycles. The Kier molecular flexibility index (Phi) is 6.92. The van der Waals surface area contributed by atoms with Crippen LogP contribution in [0.25, 0.3) is 21.8 Å². The second-order valence-electron chi connectivity index (χ2n) is 10.5. The maximum atomic E-state index is 14.3. The molecular formula is C32H25F3N2O6S. The van der Waals surface area contributed by atoms with Crippen molar-refractivity contribution in [3.05, 3.63) is 106 Å². The fraction of sp³-hybridized carbons (Fsp3) is 0.188. The number of hydrogen-bond acceptors (Lipinski definition) is 6. The van der Waals surface area contributed by atoms with E-state index in [1.54, 1.807) is 18.2 Å². The number of benzene rings is 4. The van der Waals surface area contributed by atoms with Crippen LogP contribution in [0.5, 0.6) is 5.75 Å². The molecule has 1 amide bonds. The van der Waals surface area contributed by atoms with Crippen LogP contribution in [-0.4, -0.2) is 43.4 Å². The molecule has 4 aromatic carbocycles. The van der Waals surface area contributed by atoms with E-state index in [4.69, 9.17) is 9.47 Å². The van der Waals surface area contributed by atoms with Crippen molar-refractivity contribution in [3.63, 3.8) is 0 Å². The Balaban J connectivity index is 1.58. The van der Waals surface area contributed by atoms with Gasteiger partial charge in [-0.25, -0.2) is 17.2 Å². The molecule has 1 aromatic heterocycles. The van der Waals surface area contributed by atoms with E-state index in [1.165, 1.54) is 61.6 Å². The van der Waals surface area contributed by atoms with Crippen LogP contribution in [0.3, 0.4) is 0 Å². The second-order valence-corrected chi connectivity index (χ2v) is 12.3. The van der Waals surface area contributed by atoms with Gasteiger partial charge in [0.25, 0.3) is 15.9 Å². The van der Waals surface area contributed by atoms with Crippen LogP contribution in [0.2, 0.25) is 0 Å². The number of methoxy groups -OCH3 is 2. The van der Waals surface area contributed by atoms with Gasteiger partial charge in [-0.15, -0.1) is 0 Å². The first-order valence-corrected chi connectivity index (χ1v) is 14.8. The Hall–Kier alpha value is -4.84. The number of esters is 1. The van der Waals surface area contributed by atoms with Crippen molar-refractivity contribution >= 4 is 43.7 Å². The minimum atomic E-state index is -4.49. The smallest absolute Gasteiger partial charge is 0.416 e. The van der Waals surface area contributed by atoms with Gasteiger partial charge in [0.1, 0.15) is 5.75 Å². The number of nitrogens with zero attached hydrogens (tertiary/aromatic N) is 2. The largest absolute Gasteiger partial charge is 0.497 e. The molecule has 0 spiro atoms. The van der Waals surface area contributed by atoms with Gasteiger partial charge < -0.3 is 14.4 Å². The Morgan fingerprint density at radius 2 is 1.64 bits per heavy atom. The summed E-state index contributed by atoms with van der Waals surface area (Å²) in [5.74, 6) is -0.783. The summed E-state index contributed by atoms with van der Waals surface area (Å²) in [6.07, 6.45) is -4.49. The topological polar surface area (TPSA) is 94.9 Å². The van der Waals surface area contributed by atoms with Crippen molar-refractivity contribution in [3.8, 4) is 5.75 Å². The minimum absolute atomic E-state index is 0.00250.